The van der Waals surface area contributed by atoms with Crippen molar-refractivity contribution in [1.82, 2.24) is 0 Å². The van der Waals surface area contributed by atoms with Crippen LogP contribution in [0.4, 0.5) is 4.39 Å². The second-order valence-corrected chi connectivity index (χ2v) is 5.09. The molecule has 0 aromatic heterocycles. The molecule has 0 bridgehead atoms. The number of para-hydroxylation sites is 2. The third-order valence-electron chi connectivity index (χ3n) is 2.73. The van der Waals surface area contributed by atoms with Gasteiger partial charge in [0.25, 0.3) is 0 Å². The fourth-order valence-corrected chi connectivity index (χ4v) is 2.09. The zero-order chi connectivity index (χ0) is 14.4. The number of halogens is 2. The monoisotopic (exact) mass is 338 g/mol. The first-order valence-corrected chi connectivity index (χ1v) is 7.29. The van der Waals surface area contributed by atoms with E-state index in [1.165, 1.54) is 6.07 Å². The lowest BCUT2D eigenvalue weighted by Crippen LogP contribution is -2.01. The van der Waals surface area contributed by atoms with Gasteiger partial charge in [-0.15, -0.1) is 0 Å². The second-order valence-electron chi connectivity index (χ2n) is 4.30. The van der Waals surface area contributed by atoms with Crippen LogP contribution in [0, 0.1) is 5.82 Å². The van der Waals surface area contributed by atoms with E-state index in [-0.39, 0.29) is 12.4 Å². The lowest BCUT2D eigenvalue weighted by Gasteiger charge is -2.13. The molecule has 2 aromatic carbocycles. The quantitative estimate of drug-likeness (QED) is 0.741. The van der Waals surface area contributed by atoms with Crippen molar-refractivity contribution in [3.63, 3.8) is 0 Å². The third kappa shape index (κ3) is 3.73. The lowest BCUT2D eigenvalue weighted by molar-refractivity contribution is 0.261. The fourth-order valence-electron chi connectivity index (χ4n) is 1.72. The normalized spacial score (nSPS) is 10.3. The van der Waals surface area contributed by atoms with Crippen LogP contribution in [-0.2, 0) is 6.61 Å². The summed E-state index contributed by atoms with van der Waals surface area (Å²) in [7, 11) is 0. The Morgan fingerprint density at radius 3 is 2.40 bits per heavy atom. The van der Waals surface area contributed by atoms with Crippen molar-refractivity contribution in [2.24, 2.45) is 0 Å². The highest BCUT2D eigenvalue weighted by Crippen LogP contribution is 2.29. The molecule has 0 atom stereocenters. The summed E-state index contributed by atoms with van der Waals surface area (Å²) in [5.74, 6) is 1.08. The number of ether oxygens (including phenoxy) is 2. The van der Waals surface area contributed by atoms with Gasteiger partial charge in [-0.2, -0.15) is 0 Å². The summed E-state index contributed by atoms with van der Waals surface area (Å²) in [4.78, 5) is 0. The minimum atomic E-state index is -0.290. The highest BCUT2D eigenvalue weighted by Gasteiger charge is 2.08. The molecule has 0 radical (unpaired) electrons. The van der Waals surface area contributed by atoms with E-state index in [0.29, 0.717) is 22.6 Å². The number of benzene rings is 2. The molecule has 106 valence electrons. The van der Waals surface area contributed by atoms with Gasteiger partial charge in [0.15, 0.2) is 11.5 Å². The van der Waals surface area contributed by atoms with Gasteiger partial charge in [0.2, 0.25) is 0 Å². The van der Waals surface area contributed by atoms with E-state index >= 15 is 0 Å². The van der Waals surface area contributed by atoms with Crippen LogP contribution in [-0.4, -0.2) is 6.61 Å². The molecule has 0 N–H and O–H groups in total. The van der Waals surface area contributed by atoms with Crippen LogP contribution < -0.4 is 9.47 Å². The van der Waals surface area contributed by atoms with E-state index in [1.54, 1.807) is 6.07 Å². The van der Waals surface area contributed by atoms with Gasteiger partial charge >= 0.3 is 0 Å². The van der Waals surface area contributed by atoms with E-state index in [4.69, 9.17) is 9.47 Å². The molecular weight excluding hydrogens is 323 g/mol. The summed E-state index contributed by atoms with van der Waals surface area (Å²) in [6.07, 6.45) is 0.934. The van der Waals surface area contributed by atoms with Crippen LogP contribution >= 0.6 is 15.9 Å². The van der Waals surface area contributed by atoms with Crippen molar-refractivity contribution in [1.29, 1.82) is 0 Å². The maximum absolute atomic E-state index is 13.4. The lowest BCUT2D eigenvalue weighted by atomic mass is 10.2. The maximum Gasteiger partial charge on any atom is 0.161 e. The van der Waals surface area contributed by atoms with E-state index in [1.807, 2.05) is 37.3 Å². The first kappa shape index (κ1) is 14.9. The first-order chi connectivity index (χ1) is 9.72. The van der Waals surface area contributed by atoms with Crippen LogP contribution in [0.1, 0.15) is 18.9 Å². The van der Waals surface area contributed by atoms with Crippen molar-refractivity contribution < 1.29 is 13.9 Å². The van der Waals surface area contributed by atoms with Crippen LogP contribution in [0.5, 0.6) is 11.5 Å². The first-order valence-electron chi connectivity index (χ1n) is 6.50. The molecule has 2 rings (SSSR count). The molecule has 2 aromatic rings. The minimum Gasteiger partial charge on any atom is -0.490 e. The van der Waals surface area contributed by atoms with E-state index in [0.717, 1.165) is 12.0 Å². The molecule has 0 aliphatic carbocycles. The summed E-state index contributed by atoms with van der Waals surface area (Å²) in [5.41, 5.74) is 0.760. The molecule has 0 heterocycles. The molecule has 0 saturated carbocycles. The maximum atomic E-state index is 13.4. The third-order valence-corrected chi connectivity index (χ3v) is 3.61. The van der Waals surface area contributed by atoms with E-state index in [9.17, 15) is 4.39 Å². The summed E-state index contributed by atoms with van der Waals surface area (Å²) >= 11 is 3.23. The van der Waals surface area contributed by atoms with Crippen LogP contribution in [0.3, 0.4) is 0 Å². The summed E-state index contributed by atoms with van der Waals surface area (Å²) in [6, 6.07) is 12.4. The van der Waals surface area contributed by atoms with Gasteiger partial charge in [-0.25, -0.2) is 4.39 Å². The average molecular weight is 339 g/mol. The van der Waals surface area contributed by atoms with Gasteiger partial charge < -0.3 is 9.47 Å². The Kier molecular flexibility index (Phi) is 5.41. The Bertz CT molecular complexity index is 572. The molecule has 2 nitrogen and oxygen atoms in total. The van der Waals surface area contributed by atoms with Crippen molar-refractivity contribution in [3.05, 3.63) is 58.3 Å². The standard InChI is InChI=1S/C16H16BrFO2/c1-2-10-19-14-8-3-4-9-15(14)20-11-12-6-5-7-13(18)16(12)17/h3-9H,2,10-11H2,1H3. The predicted molar refractivity (Wildman–Crippen MR) is 80.7 cm³/mol. The zero-order valence-electron chi connectivity index (χ0n) is 11.2. The zero-order valence-corrected chi connectivity index (χ0v) is 12.8. The van der Waals surface area contributed by atoms with Crippen LogP contribution in [0.15, 0.2) is 46.9 Å². The fraction of sp³-hybridized carbons (Fsp3) is 0.250. The molecule has 0 amide bonds. The Balaban J connectivity index is 2.09. The van der Waals surface area contributed by atoms with Gasteiger partial charge in [0.05, 0.1) is 11.1 Å². The van der Waals surface area contributed by atoms with E-state index in [2.05, 4.69) is 15.9 Å². The van der Waals surface area contributed by atoms with E-state index < -0.39 is 0 Å². The molecule has 0 aliphatic heterocycles. The van der Waals surface area contributed by atoms with Gasteiger partial charge in [-0.05, 0) is 40.5 Å². The van der Waals surface area contributed by atoms with Crippen molar-refractivity contribution in [3.8, 4) is 11.5 Å². The molecule has 4 heteroatoms. The largest absolute Gasteiger partial charge is 0.490 e. The molecule has 0 unspecified atom stereocenters. The van der Waals surface area contributed by atoms with Gasteiger partial charge in [0.1, 0.15) is 12.4 Å². The molecular formula is C16H16BrFO2. The average Bonchev–Trinajstić information content (AvgIpc) is 2.47. The summed E-state index contributed by atoms with van der Waals surface area (Å²) < 4.78 is 25.2. The summed E-state index contributed by atoms with van der Waals surface area (Å²) in [6.45, 7) is 2.97. The van der Waals surface area contributed by atoms with Gasteiger partial charge in [-0.1, -0.05) is 31.2 Å². The highest BCUT2D eigenvalue weighted by atomic mass is 79.9. The Labute approximate surface area is 126 Å². The molecule has 0 fully saturated rings. The molecule has 20 heavy (non-hydrogen) atoms. The topological polar surface area (TPSA) is 18.5 Å². The van der Waals surface area contributed by atoms with Crippen molar-refractivity contribution in [2.75, 3.05) is 6.61 Å². The molecule has 0 aliphatic rings. The van der Waals surface area contributed by atoms with Crippen molar-refractivity contribution >= 4 is 15.9 Å². The highest BCUT2D eigenvalue weighted by molar-refractivity contribution is 9.10. The summed E-state index contributed by atoms with van der Waals surface area (Å²) in [5, 5.41) is 0. The van der Waals surface area contributed by atoms with Crippen LogP contribution in [0.25, 0.3) is 0 Å². The SMILES string of the molecule is CCCOc1ccccc1OCc1cccc(F)c1Br. The molecule has 0 saturated heterocycles. The Hall–Kier alpha value is -1.55. The van der Waals surface area contributed by atoms with Crippen LogP contribution in [0.2, 0.25) is 0 Å². The van der Waals surface area contributed by atoms with Crippen molar-refractivity contribution in [2.45, 2.75) is 20.0 Å². The molecule has 0 spiro atoms. The number of hydrogen-bond donors (Lipinski definition) is 0. The number of hydrogen-bond acceptors (Lipinski definition) is 2. The smallest absolute Gasteiger partial charge is 0.161 e. The minimum absolute atomic E-state index is 0.283. The predicted octanol–water partition coefficient (Wildman–Crippen LogP) is 4.96. The number of rotatable bonds is 6. The Morgan fingerprint density at radius 2 is 1.70 bits per heavy atom. The van der Waals surface area contributed by atoms with Gasteiger partial charge in [-0.3, -0.25) is 0 Å². The van der Waals surface area contributed by atoms with Gasteiger partial charge in [0, 0.05) is 5.56 Å². The second kappa shape index (κ2) is 7.29. The Morgan fingerprint density at radius 1 is 1.00 bits per heavy atom.